The molecule has 0 radical (unpaired) electrons. The van der Waals surface area contributed by atoms with Crippen molar-refractivity contribution in [3.8, 4) is 11.3 Å². The molecule has 2 aromatic heterocycles. The van der Waals surface area contributed by atoms with Crippen LogP contribution in [0.5, 0.6) is 0 Å². The second-order valence-corrected chi connectivity index (χ2v) is 4.97. The first-order valence-electron chi connectivity index (χ1n) is 6.60. The lowest BCUT2D eigenvalue weighted by Crippen LogP contribution is -2.11. The van der Waals surface area contributed by atoms with Gasteiger partial charge in [0.05, 0.1) is 16.8 Å². The van der Waals surface area contributed by atoms with Gasteiger partial charge >= 0.3 is 0 Å². The number of para-hydroxylation sites is 1. The molecule has 0 spiro atoms. The zero-order chi connectivity index (χ0) is 13.7. The number of nitrogens with zero attached hydrogens (tertiary/aromatic N) is 1. The van der Waals surface area contributed by atoms with Gasteiger partial charge in [0, 0.05) is 10.9 Å². The van der Waals surface area contributed by atoms with Gasteiger partial charge in [-0.25, -0.2) is 0 Å². The molecular formula is C17H14N2O. The molecular weight excluding hydrogens is 248 g/mol. The molecule has 2 heterocycles. The minimum atomic E-state index is 0.868. The van der Waals surface area contributed by atoms with Crippen molar-refractivity contribution in [2.24, 2.45) is 0 Å². The maximum Gasteiger partial charge on any atom is 0.158 e. The standard InChI is InChI=1S/C17H14N2O/c1-11-17-15(13-9-5-6-10-14(13)20-17)16(19(11)18)12-7-3-2-4-8-12/h2-10H,18H2,1H3. The summed E-state index contributed by atoms with van der Waals surface area (Å²) in [6.45, 7) is 1.98. The van der Waals surface area contributed by atoms with E-state index >= 15 is 0 Å². The number of hydrogen-bond acceptors (Lipinski definition) is 2. The third-order valence-corrected chi connectivity index (χ3v) is 3.81. The van der Waals surface area contributed by atoms with Gasteiger partial charge in [-0.3, -0.25) is 4.68 Å². The summed E-state index contributed by atoms with van der Waals surface area (Å²) in [5.41, 5.74) is 4.81. The van der Waals surface area contributed by atoms with E-state index in [1.165, 1.54) is 0 Å². The van der Waals surface area contributed by atoms with E-state index < -0.39 is 0 Å². The van der Waals surface area contributed by atoms with Crippen molar-refractivity contribution >= 4 is 21.9 Å². The van der Waals surface area contributed by atoms with Crippen LogP contribution in [0.2, 0.25) is 0 Å². The molecule has 20 heavy (non-hydrogen) atoms. The summed E-state index contributed by atoms with van der Waals surface area (Å²) < 4.78 is 7.68. The summed E-state index contributed by atoms with van der Waals surface area (Å²) in [5.74, 6) is 6.24. The Hall–Kier alpha value is -2.68. The van der Waals surface area contributed by atoms with Crippen LogP contribution in [0, 0.1) is 6.92 Å². The zero-order valence-corrected chi connectivity index (χ0v) is 11.1. The Kier molecular flexibility index (Phi) is 2.18. The molecule has 3 heteroatoms. The van der Waals surface area contributed by atoms with E-state index in [9.17, 15) is 0 Å². The number of fused-ring (bicyclic) bond motifs is 3. The van der Waals surface area contributed by atoms with Gasteiger partial charge in [-0.1, -0.05) is 48.5 Å². The second-order valence-electron chi connectivity index (χ2n) is 4.97. The van der Waals surface area contributed by atoms with Crippen LogP contribution in [0.1, 0.15) is 5.69 Å². The highest BCUT2D eigenvalue weighted by Gasteiger charge is 2.20. The van der Waals surface area contributed by atoms with E-state index in [2.05, 4.69) is 18.2 Å². The SMILES string of the molecule is Cc1c2oc3ccccc3c2c(-c2ccccc2)n1N. The van der Waals surface area contributed by atoms with Crippen molar-refractivity contribution in [2.75, 3.05) is 5.84 Å². The highest BCUT2D eigenvalue weighted by Crippen LogP contribution is 2.39. The molecule has 2 aromatic carbocycles. The van der Waals surface area contributed by atoms with Crippen LogP contribution in [0.3, 0.4) is 0 Å². The Morgan fingerprint density at radius 2 is 1.65 bits per heavy atom. The Morgan fingerprint density at radius 1 is 0.950 bits per heavy atom. The number of hydrogen-bond donors (Lipinski definition) is 1. The Labute approximate surface area is 116 Å². The average Bonchev–Trinajstić information content (AvgIpc) is 2.97. The van der Waals surface area contributed by atoms with Crippen molar-refractivity contribution in [2.45, 2.75) is 6.92 Å². The molecule has 4 aromatic rings. The molecule has 0 atom stereocenters. The molecule has 0 aliphatic rings. The fourth-order valence-electron chi connectivity index (χ4n) is 2.81. The van der Waals surface area contributed by atoms with Crippen molar-refractivity contribution in [1.82, 2.24) is 4.68 Å². The molecule has 4 rings (SSSR count). The van der Waals surface area contributed by atoms with Crippen LogP contribution in [0.25, 0.3) is 33.2 Å². The normalized spacial score (nSPS) is 11.4. The summed E-state index contributed by atoms with van der Waals surface area (Å²) in [6.07, 6.45) is 0. The molecule has 0 aliphatic carbocycles. The van der Waals surface area contributed by atoms with E-state index in [-0.39, 0.29) is 0 Å². The van der Waals surface area contributed by atoms with Crippen LogP contribution < -0.4 is 5.84 Å². The molecule has 98 valence electrons. The molecule has 0 fully saturated rings. The average molecular weight is 262 g/mol. The van der Waals surface area contributed by atoms with Gasteiger partial charge < -0.3 is 10.3 Å². The maximum absolute atomic E-state index is 6.24. The Morgan fingerprint density at radius 3 is 2.45 bits per heavy atom. The molecule has 0 unspecified atom stereocenters. The largest absolute Gasteiger partial charge is 0.454 e. The first-order valence-corrected chi connectivity index (χ1v) is 6.60. The van der Waals surface area contributed by atoms with Gasteiger partial charge in [-0.15, -0.1) is 0 Å². The molecule has 0 saturated carbocycles. The first-order chi connectivity index (χ1) is 9.77. The molecule has 0 saturated heterocycles. The predicted molar refractivity (Wildman–Crippen MR) is 82.0 cm³/mol. The van der Waals surface area contributed by atoms with E-state index in [4.69, 9.17) is 10.3 Å². The third-order valence-electron chi connectivity index (χ3n) is 3.81. The summed E-state index contributed by atoms with van der Waals surface area (Å²) in [7, 11) is 0. The van der Waals surface area contributed by atoms with Gasteiger partial charge in [-0.2, -0.15) is 0 Å². The van der Waals surface area contributed by atoms with E-state index in [0.29, 0.717) is 0 Å². The number of nitrogen functional groups attached to an aromatic ring is 1. The first kappa shape index (κ1) is 11.2. The minimum Gasteiger partial charge on any atom is -0.454 e. The Balaban J connectivity index is 2.22. The van der Waals surface area contributed by atoms with Crippen molar-refractivity contribution in [3.05, 3.63) is 60.3 Å². The lowest BCUT2D eigenvalue weighted by atomic mass is 10.1. The van der Waals surface area contributed by atoms with Crippen molar-refractivity contribution in [1.29, 1.82) is 0 Å². The summed E-state index contributed by atoms with van der Waals surface area (Å²) in [6, 6.07) is 18.3. The highest BCUT2D eigenvalue weighted by molar-refractivity contribution is 6.13. The molecule has 2 N–H and O–H groups in total. The molecule has 0 amide bonds. The van der Waals surface area contributed by atoms with Gasteiger partial charge in [0.2, 0.25) is 0 Å². The topological polar surface area (TPSA) is 44.1 Å². The van der Waals surface area contributed by atoms with Crippen molar-refractivity contribution < 1.29 is 4.42 Å². The van der Waals surface area contributed by atoms with E-state index in [1.807, 2.05) is 43.3 Å². The maximum atomic E-state index is 6.24. The number of furan rings is 1. The monoisotopic (exact) mass is 262 g/mol. The van der Waals surface area contributed by atoms with Crippen LogP contribution in [0.15, 0.2) is 59.0 Å². The quantitative estimate of drug-likeness (QED) is 0.525. The lowest BCUT2D eigenvalue weighted by Gasteiger charge is -2.05. The minimum absolute atomic E-state index is 0.868. The Bertz CT molecular complexity index is 916. The van der Waals surface area contributed by atoms with E-state index in [1.54, 1.807) is 4.68 Å². The molecule has 3 nitrogen and oxygen atoms in total. The highest BCUT2D eigenvalue weighted by atomic mass is 16.3. The lowest BCUT2D eigenvalue weighted by molar-refractivity contribution is 0.662. The number of nitrogens with two attached hydrogens (primary N) is 1. The second kappa shape index (κ2) is 3.90. The third kappa shape index (κ3) is 1.35. The predicted octanol–water partition coefficient (Wildman–Crippen LogP) is 4.08. The van der Waals surface area contributed by atoms with Gasteiger partial charge in [-0.05, 0) is 13.0 Å². The van der Waals surface area contributed by atoms with Crippen molar-refractivity contribution in [3.63, 3.8) is 0 Å². The number of rotatable bonds is 1. The summed E-state index contributed by atoms with van der Waals surface area (Å²) >= 11 is 0. The fourth-order valence-corrected chi connectivity index (χ4v) is 2.81. The van der Waals surface area contributed by atoms with Crippen LogP contribution >= 0.6 is 0 Å². The van der Waals surface area contributed by atoms with Gasteiger partial charge in [0.1, 0.15) is 5.58 Å². The van der Waals surface area contributed by atoms with Crippen LogP contribution in [0.4, 0.5) is 0 Å². The fraction of sp³-hybridized carbons (Fsp3) is 0.0588. The van der Waals surface area contributed by atoms with Gasteiger partial charge in [0.25, 0.3) is 0 Å². The molecule has 0 aliphatic heterocycles. The zero-order valence-electron chi connectivity index (χ0n) is 11.1. The summed E-state index contributed by atoms with van der Waals surface area (Å²) in [4.78, 5) is 0. The number of aromatic nitrogens is 1. The number of aryl methyl sites for hydroxylation is 1. The van der Waals surface area contributed by atoms with Crippen LogP contribution in [-0.4, -0.2) is 4.68 Å². The smallest absolute Gasteiger partial charge is 0.158 e. The summed E-state index contributed by atoms with van der Waals surface area (Å²) in [5, 5.41) is 2.19. The van der Waals surface area contributed by atoms with E-state index in [0.717, 1.165) is 38.9 Å². The van der Waals surface area contributed by atoms with Gasteiger partial charge in [0.15, 0.2) is 5.58 Å². The molecule has 0 bridgehead atoms. The number of benzene rings is 2. The van der Waals surface area contributed by atoms with Crippen LogP contribution in [-0.2, 0) is 0 Å².